The second-order valence-corrected chi connectivity index (χ2v) is 6.09. The predicted molar refractivity (Wildman–Crippen MR) is 86.9 cm³/mol. The topological polar surface area (TPSA) is 75.9 Å². The molecule has 0 bridgehead atoms. The van der Waals surface area contributed by atoms with Gasteiger partial charge in [-0.3, -0.25) is 9.48 Å². The van der Waals surface area contributed by atoms with Crippen LogP contribution in [0, 0.1) is 5.92 Å². The van der Waals surface area contributed by atoms with Crippen molar-refractivity contribution in [1.29, 1.82) is 0 Å². The van der Waals surface area contributed by atoms with E-state index in [9.17, 15) is 4.79 Å². The number of rotatable bonds is 4. The Labute approximate surface area is 135 Å². The first-order valence-corrected chi connectivity index (χ1v) is 7.95. The summed E-state index contributed by atoms with van der Waals surface area (Å²) in [5, 5.41) is 7.34. The Hall–Kier alpha value is -2.44. The molecular formula is C16H22N6O. The van der Waals surface area contributed by atoms with Crippen LogP contribution in [0.15, 0.2) is 24.7 Å². The molecule has 2 aromatic heterocycles. The fourth-order valence-electron chi connectivity index (χ4n) is 2.65. The van der Waals surface area contributed by atoms with Crippen LogP contribution in [0.25, 0.3) is 0 Å². The molecule has 23 heavy (non-hydrogen) atoms. The van der Waals surface area contributed by atoms with Crippen molar-refractivity contribution in [3.05, 3.63) is 36.0 Å². The maximum absolute atomic E-state index is 12.4. The van der Waals surface area contributed by atoms with Gasteiger partial charge in [0.15, 0.2) is 5.82 Å². The number of piperidine rings is 1. The molecule has 0 atom stereocenters. The lowest BCUT2D eigenvalue weighted by atomic mass is 9.99. The monoisotopic (exact) mass is 314 g/mol. The molecule has 1 aliphatic heterocycles. The standard InChI is InChI=1S/C16H22N6O/c1-12-5-7-22(8-6-12)16(23)13-3-4-14(17-9-13)18-10-15-19-11-21(2)20-15/h3-4,9,11-12H,5-8,10H2,1-2H3,(H,17,18). The Morgan fingerprint density at radius 2 is 2.09 bits per heavy atom. The molecular weight excluding hydrogens is 292 g/mol. The van der Waals surface area contributed by atoms with Gasteiger partial charge in [0.1, 0.15) is 12.1 Å². The molecule has 2 aromatic rings. The van der Waals surface area contributed by atoms with Crippen molar-refractivity contribution in [3.8, 4) is 0 Å². The zero-order valence-corrected chi connectivity index (χ0v) is 13.6. The molecule has 7 heteroatoms. The van der Waals surface area contributed by atoms with Gasteiger partial charge in [-0.1, -0.05) is 6.92 Å². The van der Waals surface area contributed by atoms with Crippen LogP contribution < -0.4 is 5.32 Å². The largest absolute Gasteiger partial charge is 0.363 e. The molecule has 7 nitrogen and oxygen atoms in total. The molecule has 3 rings (SSSR count). The Morgan fingerprint density at radius 1 is 1.30 bits per heavy atom. The van der Waals surface area contributed by atoms with Crippen molar-refractivity contribution in [1.82, 2.24) is 24.6 Å². The van der Waals surface area contributed by atoms with E-state index in [0.717, 1.165) is 25.9 Å². The highest BCUT2D eigenvalue weighted by molar-refractivity contribution is 5.94. The summed E-state index contributed by atoms with van der Waals surface area (Å²) in [5.74, 6) is 2.20. The Kier molecular flexibility index (Phi) is 4.55. The maximum Gasteiger partial charge on any atom is 0.255 e. The number of carbonyl (C=O) groups is 1. The van der Waals surface area contributed by atoms with Crippen molar-refractivity contribution in [2.24, 2.45) is 13.0 Å². The number of hydrogen-bond donors (Lipinski definition) is 1. The summed E-state index contributed by atoms with van der Waals surface area (Å²) >= 11 is 0. The second-order valence-electron chi connectivity index (χ2n) is 6.09. The Morgan fingerprint density at radius 3 is 2.70 bits per heavy atom. The first kappa shape index (κ1) is 15.5. The van der Waals surface area contributed by atoms with Crippen LogP contribution in [0.4, 0.5) is 5.82 Å². The van der Waals surface area contributed by atoms with Gasteiger partial charge >= 0.3 is 0 Å². The van der Waals surface area contributed by atoms with Crippen LogP contribution in [0.2, 0.25) is 0 Å². The average molecular weight is 314 g/mol. The van der Waals surface area contributed by atoms with Gasteiger partial charge < -0.3 is 10.2 Å². The molecule has 1 N–H and O–H groups in total. The lowest BCUT2D eigenvalue weighted by Crippen LogP contribution is -2.37. The number of aromatic nitrogens is 4. The van der Waals surface area contributed by atoms with Gasteiger partial charge in [0.2, 0.25) is 0 Å². The fraction of sp³-hybridized carbons (Fsp3) is 0.500. The minimum atomic E-state index is 0.0716. The number of carbonyl (C=O) groups excluding carboxylic acids is 1. The predicted octanol–water partition coefficient (Wildman–Crippen LogP) is 1.69. The van der Waals surface area contributed by atoms with E-state index >= 15 is 0 Å². The summed E-state index contributed by atoms with van der Waals surface area (Å²) in [6, 6.07) is 3.64. The number of likely N-dealkylation sites (tertiary alicyclic amines) is 1. The molecule has 3 heterocycles. The minimum absolute atomic E-state index is 0.0716. The van der Waals surface area contributed by atoms with E-state index in [4.69, 9.17) is 0 Å². The summed E-state index contributed by atoms with van der Waals surface area (Å²) in [6.07, 6.45) is 5.45. The van der Waals surface area contributed by atoms with Gasteiger partial charge in [0.25, 0.3) is 5.91 Å². The Balaban J connectivity index is 1.57. The number of anilines is 1. The summed E-state index contributed by atoms with van der Waals surface area (Å²) in [7, 11) is 1.83. The molecule has 1 fully saturated rings. The number of aryl methyl sites for hydroxylation is 1. The van der Waals surface area contributed by atoms with Gasteiger partial charge in [0, 0.05) is 26.3 Å². The summed E-state index contributed by atoms with van der Waals surface area (Å²) < 4.78 is 1.66. The van der Waals surface area contributed by atoms with Crippen LogP contribution >= 0.6 is 0 Å². The van der Waals surface area contributed by atoms with E-state index < -0.39 is 0 Å². The van der Waals surface area contributed by atoms with Gasteiger partial charge in [-0.2, -0.15) is 5.10 Å². The van der Waals surface area contributed by atoms with Gasteiger partial charge in [-0.25, -0.2) is 9.97 Å². The molecule has 1 amide bonds. The lowest BCUT2D eigenvalue weighted by Gasteiger charge is -2.30. The highest BCUT2D eigenvalue weighted by atomic mass is 16.2. The Bertz CT molecular complexity index is 657. The van der Waals surface area contributed by atoms with E-state index in [-0.39, 0.29) is 5.91 Å². The highest BCUT2D eigenvalue weighted by Crippen LogP contribution is 2.18. The maximum atomic E-state index is 12.4. The minimum Gasteiger partial charge on any atom is -0.363 e. The van der Waals surface area contributed by atoms with Crippen molar-refractivity contribution in [3.63, 3.8) is 0 Å². The van der Waals surface area contributed by atoms with Crippen molar-refractivity contribution < 1.29 is 4.79 Å². The number of amides is 1. The molecule has 0 radical (unpaired) electrons. The van der Waals surface area contributed by atoms with Gasteiger partial charge in [0.05, 0.1) is 12.1 Å². The first-order valence-electron chi connectivity index (χ1n) is 7.95. The molecule has 1 saturated heterocycles. The van der Waals surface area contributed by atoms with Crippen LogP contribution in [-0.4, -0.2) is 43.6 Å². The van der Waals surface area contributed by atoms with Crippen LogP contribution in [-0.2, 0) is 13.6 Å². The molecule has 0 aromatic carbocycles. The molecule has 122 valence electrons. The number of nitrogens with zero attached hydrogens (tertiary/aromatic N) is 5. The highest BCUT2D eigenvalue weighted by Gasteiger charge is 2.21. The number of nitrogens with one attached hydrogen (secondary N) is 1. The number of pyridine rings is 1. The van der Waals surface area contributed by atoms with Gasteiger partial charge in [-0.05, 0) is 30.9 Å². The smallest absolute Gasteiger partial charge is 0.255 e. The number of hydrogen-bond acceptors (Lipinski definition) is 5. The third kappa shape index (κ3) is 3.85. The quantitative estimate of drug-likeness (QED) is 0.929. The van der Waals surface area contributed by atoms with E-state index in [1.54, 1.807) is 17.2 Å². The van der Waals surface area contributed by atoms with E-state index in [2.05, 4.69) is 27.3 Å². The third-order valence-electron chi connectivity index (χ3n) is 4.16. The molecule has 0 spiro atoms. The van der Waals surface area contributed by atoms with Crippen molar-refractivity contribution in [2.75, 3.05) is 18.4 Å². The molecule has 0 unspecified atom stereocenters. The van der Waals surface area contributed by atoms with Gasteiger partial charge in [-0.15, -0.1) is 0 Å². The van der Waals surface area contributed by atoms with Crippen molar-refractivity contribution >= 4 is 11.7 Å². The normalized spacial score (nSPS) is 15.7. The lowest BCUT2D eigenvalue weighted by molar-refractivity contribution is 0.0697. The van der Waals surface area contributed by atoms with E-state index in [1.165, 1.54) is 0 Å². The van der Waals surface area contributed by atoms with Crippen LogP contribution in [0.1, 0.15) is 35.9 Å². The zero-order valence-electron chi connectivity index (χ0n) is 13.6. The SMILES string of the molecule is CC1CCN(C(=O)c2ccc(NCc3ncn(C)n3)nc2)CC1. The molecule has 0 aliphatic carbocycles. The van der Waals surface area contributed by atoms with Crippen LogP contribution in [0.5, 0.6) is 0 Å². The first-order chi connectivity index (χ1) is 11.1. The third-order valence-corrected chi connectivity index (χ3v) is 4.16. The average Bonchev–Trinajstić information content (AvgIpc) is 2.99. The van der Waals surface area contributed by atoms with E-state index in [0.29, 0.717) is 29.7 Å². The summed E-state index contributed by atoms with van der Waals surface area (Å²) in [5.41, 5.74) is 0.640. The summed E-state index contributed by atoms with van der Waals surface area (Å²) in [6.45, 7) is 4.42. The zero-order chi connectivity index (χ0) is 16.2. The van der Waals surface area contributed by atoms with Crippen LogP contribution in [0.3, 0.4) is 0 Å². The molecule has 1 aliphatic rings. The molecule has 0 saturated carbocycles. The van der Waals surface area contributed by atoms with Crippen molar-refractivity contribution in [2.45, 2.75) is 26.3 Å². The van der Waals surface area contributed by atoms with E-state index in [1.807, 2.05) is 24.1 Å². The second kappa shape index (κ2) is 6.76. The summed E-state index contributed by atoms with van der Waals surface area (Å²) in [4.78, 5) is 22.8. The fourth-order valence-corrected chi connectivity index (χ4v) is 2.65.